The van der Waals surface area contributed by atoms with Gasteiger partial charge in [-0.2, -0.15) is 4.98 Å². The van der Waals surface area contributed by atoms with Crippen molar-refractivity contribution in [3.63, 3.8) is 0 Å². The molecule has 1 aromatic carbocycles. The Hall–Kier alpha value is -2.43. The number of hydrogen-bond acceptors (Lipinski definition) is 3. The number of nitrogens with zero attached hydrogens (tertiary/aromatic N) is 2. The van der Waals surface area contributed by atoms with Gasteiger partial charge < -0.3 is 5.32 Å². The van der Waals surface area contributed by atoms with Crippen LogP contribution in [0.25, 0.3) is 0 Å². The smallest absolute Gasteiger partial charge is 0.306 e. The molecule has 5 heteroatoms. The Kier molecular flexibility index (Phi) is 3.52. The van der Waals surface area contributed by atoms with E-state index in [0.29, 0.717) is 12.1 Å². The minimum absolute atomic E-state index is 0.263. The molecule has 0 aliphatic carbocycles. The van der Waals surface area contributed by atoms with E-state index in [0.717, 1.165) is 0 Å². The van der Waals surface area contributed by atoms with Crippen LogP contribution in [0.4, 0.5) is 5.82 Å². The molecule has 0 atom stereocenters. The third-order valence-electron chi connectivity index (χ3n) is 2.49. The van der Waals surface area contributed by atoms with Gasteiger partial charge in [0.1, 0.15) is 5.82 Å². The minimum atomic E-state index is -0.372. The van der Waals surface area contributed by atoms with Crippen molar-refractivity contribution in [3.8, 4) is 0 Å². The normalized spacial score (nSPS) is 10.1. The molecule has 2 rings (SSSR count). The Morgan fingerprint density at radius 3 is 2.61 bits per heavy atom. The van der Waals surface area contributed by atoms with E-state index in [9.17, 15) is 9.59 Å². The third-order valence-corrected chi connectivity index (χ3v) is 2.49. The van der Waals surface area contributed by atoms with Crippen molar-refractivity contribution in [2.45, 2.75) is 13.5 Å². The van der Waals surface area contributed by atoms with Crippen molar-refractivity contribution in [1.82, 2.24) is 9.55 Å². The van der Waals surface area contributed by atoms with Crippen molar-refractivity contribution < 1.29 is 4.79 Å². The molecule has 1 heterocycles. The Morgan fingerprint density at radius 1 is 1.28 bits per heavy atom. The molecule has 0 saturated carbocycles. The average Bonchev–Trinajstić information content (AvgIpc) is 2.40. The van der Waals surface area contributed by atoms with Crippen LogP contribution in [0.15, 0.2) is 47.4 Å². The molecule has 1 aromatic heterocycles. The van der Waals surface area contributed by atoms with E-state index in [1.54, 1.807) is 36.5 Å². The fourth-order valence-corrected chi connectivity index (χ4v) is 1.52. The van der Waals surface area contributed by atoms with E-state index in [4.69, 9.17) is 0 Å². The Balaban J connectivity index is 2.18. The predicted molar refractivity (Wildman–Crippen MR) is 68.6 cm³/mol. The summed E-state index contributed by atoms with van der Waals surface area (Å²) >= 11 is 0. The van der Waals surface area contributed by atoms with Gasteiger partial charge in [0.05, 0.1) is 0 Å². The molecule has 2 aromatic rings. The van der Waals surface area contributed by atoms with Gasteiger partial charge in [-0.05, 0) is 25.1 Å². The summed E-state index contributed by atoms with van der Waals surface area (Å²) in [6, 6.07) is 10.4. The maximum atomic E-state index is 11.8. The average molecular weight is 243 g/mol. The molecule has 0 aliphatic heterocycles. The van der Waals surface area contributed by atoms with Crippen LogP contribution < -0.4 is 11.0 Å². The van der Waals surface area contributed by atoms with Crippen molar-refractivity contribution in [3.05, 3.63) is 58.6 Å². The van der Waals surface area contributed by atoms with Gasteiger partial charge >= 0.3 is 5.69 Å². The molecule has 0 spiro atoms. The van der Waals surface area contributed by atoms with Crippen LogP contribution in [0, 0.1) is 0 Å². The maximum Gasteiger partial charge on any atom is 0.349 e. The number of benzene rings is 1. The third kappa shape index (κ3) is 2.63. The summed E-state index contributed by atoms with van der Waals surface area (Å²) in [5.74, 6) is -0.0182. The van der Waals surface area contributed by atoms with Crippen molar-refractivity contribution in [1.29, 1.82) is 0 Å². The second-order valence-corrected chi connectivity index (χ2v) is 3.70. The van der Waals surface area contributed by atoms with E-state index in [1.165, 1.54) is 4.57 Å². The van der Waals surface area contributed by atoms with Crippen LogP contribution in [0.1, 0.15) is 17.3 Å². The molecule has 92 valence electrons. The van der Waals surface area contributed by atoms with Crippen LogP contribution in [0.3, 0.4) is 0 Å². The highest BCUT2D eigenvalue weighted by Gasteiger charge is 2.06. The Labute approximate surface area is 104 Å². The molecule has 0 unspecified atom stereocenters. The molecule has 1 N–H and O–H groups in total. The lowest BCUT2D eigenvalue weighted by Crippen LogP contribution is -2.24. The Morgan fingerprint density at radius 2 is 2.00 bits per heavy atom. The van der Waals surface area contributed by atoms with E-state index >= 15 is 0 Å². The number of nitrogens with one attached hydrogen (secondary N) is 1. The van der Waals surface area contributed by atoms with Gasteiger partial charge in [0, 0.05) is 18.3 Å². The molecular weight excluding hydrogens is 230 g/mol. The number of carbonyl (C=O) groups excluding carboxylic acids is 1. The lowest BCUT2D eigenvalue weighted by Gasteiger charge is -2.05. The SMILES string of the molecule is CCn1ccc(NC(=O)c2ccccc2)nc1=O. The summed E-state index contributed by atoms with van der Waals surface area (Å²) in [7, 11) is 0. The lowest BCUT2D eigenvalue weighted by molar-refractivity contribution is 0.102. The summed E-state index contributed by atoms with van der Waals surface area (Å²) in [4.78, 5) is 27.1. The number of anilines is 1. The number of rotatable bonds is 3. The first kappa shape index (κ1) is 12.0. The first-order valence-corrected chi connectivity index (χ1v) is 5.64. The molecule has 0 saturated heterocycles. The summed E-state index contributed by atoms with van der Waals surface area (Å²) < 4.78 is 1.46. The topological polar surface area (TPSA) is 64.0 Å². The van der Waals surface area contributed by atoms with Gasteiger partial charge in [-0.1, -0.05) is 18.2 Å². The number of aryl methyl sites for hydroxylation is 1. The monoisotopic (exact) mass is 243 g/mol. The van der Waals surface area contributed by atoms with Gasteiger partial charge in [-0.3, -0.25) is 9.36 Å². The summed E-state index contributed by atoms with van der Waals surface area (Å²) in [5.41, 5.74) is 0.155. The quantitative estimate of drug-likeness (QED) is 0.888. The molecule has 0 fully saturated rings. The van der Waals surface area contributed by atoms with Crippen molar-refractivity contribution in [2.24, 2.45) is 0 Å². The summed E-state index contributed by atoms with van der Waals surface area (Å²) in [6.07, 6.45) is 1.61. The number of amides is 1. The molecule has 1 amide bonds. The van der Waals surface area contributed by atoms with Gasteiger partial charge in [-0.15, -0.1) is 0 Å². The second kappa shape index (κ2) is 5.27. The summed E-state index contributed by atoms with van der Waals surface area (Å²) in [6.45, 7) is 2.41. The zero-order valence-corrected chi connectivity index (χ0v) is 9.96. The van der Waals surface area contributed by atoms with Gasteiger partial charge in [0.25, 0.3) is 5.91 Å². The molecule has 18 heavy (non-hydrogen) atoms. The van der Waals surface area contributed by atoms with Crippen LogP contribution in [-0.2, 0) is 6.54 Å². The van der Waals surface area contributed by atoms with Crippen LogP contribution in [0.5, 0.6) is 0 Å². The lowest BCUT2D eigenvalue weighted by atomic mass is 10.2. The van der Waals surface area contributed by atoms with Crippen LogP contribution >= 0.6 is 0 Å². The number of hydrogen-bond donors (Lipinski definition) is 1. The molecular formula is C13H13N3O2. The zero-order valence-electron chi connectivity index (χ0n) is 9.96. The minimum Gasteiger partial charge on any atom is -0.306 e. The largest absolute Gasteiger partial charge is 0.349 e. The van der Waals surface area contributed by atoms with E-state index in [-0.39, 0.29) is 17.4 Å². The first-order chi connectivity index (χ1) is 8.70. The number of aromatic nitrogens is 2. The highest BCUT2D eigenvalue weighted by Crippen LogP contribution is 2.04. The van der Waals surface area contributed by atoms with E-state index in [1.807, 2.05) is 13.0 Å². The van der Waals surface area contributed by atoms with Crippen molar-refractivity contribution >= 4 is 11.7 Å². The molecule has 5 nitrogen and oxygen atoms in total. The standard InChI is InChI=1S/C13H13N3O2/c1-2-16-9-8-11(15-13(16)18)14-12(17)10-6-4-3-5-7-10/h3-9H,2H2,1H3,(H,14,15,17,18). The highest BCUT2D eigenvalue weighted by molar-refractivity contribution is 6.03. The molecule has 0 radical (unpaired) electrons. The zero-order chi connectivity index (χ0) is 13.0. The summed E-state index contributed by atoms with van der Waals surface area (Å²) in [5, 5.41) is 2.59. The first-order valence-electron chi connectivity index (χ1n) is 5.64. The predicted octanol–water partition coefficient (Wildman–Crippen LogP) is 1.52. The van der Waals surface area contributed by atoms with Crippen LogP contribution in [-0.4, -0.2) is 15.5 Å². The van der Waals surface area contributed by atoms with Crippen molar-refractivity contribution in [2.75, 3.05) is 5.32 Å². The molecule has 0 bridgehead atoms. The van der Waals surface area contributed by atoms with E-state index in [2.05, 4.69) is 10.3 Å². The fourth-order valence-electron chi connectivity index (χ4n) is 1.52. The van der Waals surface area contributed by atoms with Gasteiger partial charge in [-0.25, -0.2) is 4.79 Å². The highest BCUT2D eigenvalue weighted by atomic mass is 16.2. The Bertz CT molecular complexity index is 605. The maximum absolute atomic E-state index is 11.8. The molecule has 0 aliphatic rings. The van der Waals surface area contributed by atoms with Gasteiger partial charge in [0.2, 0.25) is 0 Å². The fraction of sp³-hybridized carbons (Fsp3) is 0.154. The van der Waals surface area contributed by atoms with Crippen LogP contribution in [0.2, 0.25) is 0 Å². The number of carbonyl (C=O) groups is 1. The van der Waals surface area contributed by atoms with Gasteiger partial charge in [0.15, 0.2) is 0 Å². The van der Waals surface area contributed by atoms with E-state index < -0.39 is 0 Å². The second-order valence-electron chi connectivity index (χ2n) is 3.70.